The number of benzene rings is 1. The number of aliphatic hydroxyl groups excluding tert-OH is 2. The first-order chi connectivity index (χ1) is 7.22. The number of fused-ring (bicyclic) bond motifs is 1. The van der Waals surface area contributed by atoms with Gasteiger partial charge in [-0.15, -0.1) is 11.3 Å². The molecule has 2 N–H and O–H groups in total. The van der Waals surface area contributed by atoms with Crippen LogP contribution in [-0.4, -0.2) is 26.6 Å². The van der Waals surface area contributed by atoms with Crippen molar-refractivity contribution in [2.24, 2.45) is 0 Å². The average molecular weight is 288 g/mol. The summed E-state index contributed by atoms with van der Waals surface area (Å²) in [5, 5.41) is 20.1. The van der Waals surface area contributed by atoms with Gasteiger partial charge in [0.25, 0.3) is 0 Å². The lowest BCUT2D eigenvalue weighted by molar-refractivity contribution is 0.0342. The number of alkyl halides is 1. The maximum atomic E-state index is 9.76. The molecule has 2 aromatic rings. The summed E-state index contributed by atoms with van der Waals surface area (Å²) in [6.45, 7) is 0. The Kier molecular flexibility index (Phi) is 3.35. The zero-order chi connectivity index (χ0) is 10.8. The summed E-state index contributed by atoms with van der Waals surface area (Å²) in [5.74, 6) is 0. The van der Waals surface area contributed by atoms with Gasteiger partial charge in [0.15, 0.2) is 0 Å². The van der Waals surface area contributed by atoms with Crippen molar-refractivity contribution in [1.82, 2.24) is 4.98 Å². The van der Waals surface area contributed by atoms with Crippen molar-refractivity contribution in [2.75, 3.05) is 5.33 Å². The Balaban J connectivity index is 2.36. The molecule has 2 atom stereocenters. The van der Waals surface area contributed by atoms with Crippen LogP contribution in [0, 0.1) is 0 Å². The zero-order valence-corrected chi connectivity index (χ0v) is 10.2. The Morgan fingerprint density at radius 1 is 1.33 bits per heavy atom. The molecule has 0 saturated heterocycles. The van der Waals surface area contributed by atoms with Crippen LogP contribution in [0.2, 0.25) is 0 Å². The van der Waals surface area contributed by atoms with Gasteiger partial charge in [0.05, 0.1) is 16.3 Å². The second kappa shape index (κ2) is 4.57. The van der Waals surface area contributed by atoms with Crippen LogP contribution in [0.3, 0.4) is 0 Å². The molecular weight excluding hydrogens is 278 g/mol. The monoisotopic (exact) mass is 287 g/mol. The Bertz CT molecular complexity index is 426. The fourth-order valence-electron chi connectivity index (χ4n) is 1.27. The van der Waals surface area contributed by atoms with Gasteiger partial charge < -0.3 is 10.2 Å². The summed E-state index contributed by atoms with van der Waals surface area (Å²) >= 11 is 4.53. The molecule has 0 aliphatic heterocycles. The van der Waals surface area contributed by atoms with Crippen molar-refractivity contribution in [3.8, 4) is 0 Å². The standard InChI is InChI=1S/C10H10BrNO2S/c11-5-7(13)9(14)10-12-6-3-1-2-4-8(6)15-10/h1-4,7,9,13-14H,5H2. The lowest BCUT2D eigenvalue weighted by Crippen LogP contribution is -2.19. The van der Waals surface area contributed by atoms with Crippen molar-refractivity contribution >= 4 is 37.5 Å². The third kappa shape index (κ3) is 2.20. The number of hydrogen-bond acceptors (Lipinski definition) is 4. The second-order valence-corrected chi connectivity index (χ2v) is 4.90. The van der Waals surface area contributed by atoms with E-state index in [2.05, 4.69) is 20.9 Å². The second-order valence-electron chi connectivity index (χ2n) is 3.19. The minimum Gasteiger partial charge on any atom is -0.389 e. The SMILES string of the molecule is OC(CBr)C(O)c1nc2ccccc2s1. The first-order valence-electron chi connectivity index (χ1n) is 4.50. The number of aromatic nitrogens is 1. The highest BCUT2D eigenvalue weighted by Gasteiger charge is 2.20. The van der Waals surface area contributed by atoms with Gasteiger partial charge in [0, 0.05) is 5.33 Å². The maximum Gasteiger partial charge on any atom is 0.132 e. The van der Waals surface area contributed by atoms with Gasteiger partial charge in [-0.05, 0) is 12.1 Å². The summed E-state index contributed by atoms with van der Waals surface area (Å²) in [5.41, 5.74) is 0.860. The normalized spacial score (nSPS) is 15.4. The van der Waals surface area contributed by atoms with E-state index in [1.54, 1.807) is 0 Å². The average Bonchev–Trinajstić information content (AvgIpc) is 2.70. The zero-order valence-electron chi connectivity index (χ0n) is 7.80. The number of hydrogen-bond donors (Lipinski definition) is 2. The van der Waals surface area contributed by atoms with E-state index in [9.17, 15) is 10.2 Å². The lowest BCUT2D eigenvalue weighted by Gasteiger charge is -2.11. The van der Waals surface area contributed by atoms with E-state index in [-0.39, 0.29) is 0 Å². The van der Waals surface area contributed by atoms with Crippen LogP contribution in [0.5, 0.6) is 0 Å². The van der Waals surface area contributed by atoms with Crippen LogP contribution < -0.4 is 0 Å². The van der Waals surface area contributed by atoms with Crippen LogP contribution in [0.25, 0.3) is 10.2 Å². The van der Waals surface area contributed by atoms with E-state index in [0.29, 0.717) is 10.3 Å². The molecule has 80 valence electrons. The number of halogens is 1. The van der Waals surface area contributed by atoms with Crippen molar-refractivity contribution in [1.29, 1.82) is 0 Å². The molecule has 0 fully saturated rings. The number of thiazole rings is 1. The van der Waals surface area contributed by atoms with Crippen molar-refractivity contribution in [3.63, 3.8) is 0 Å². The molecular formula is C10H10BrNO2S. The molecule has 0 amide bonds. The molecule has 0 saturated carbocycles. The van der Waals surface area contributed by atoms with Crippen LogP contribution in [0.4, 0.5) is 0 Å². The van der Waals surface area contributed by atoms with Crippen LogP contribution >= 0.6 is 27.3 Å². The molecule has 5 heteroatoms. The summed E-state index contributed by atoms with van der Waals surface area (Å²) in [6.07, 6.45) is -1.73. The lowest BCUT2D eigenvalue weighted by atomic mass is 10.2. The van der Waals surface area contributed by atoms with Crippen molar-refractivity contribution in [2.45, 2.75) is 12.2 Å². The fourth-order valence-corrected chi connectivity index (χ4v) is 2.63. The predicted molar refractivity (Wildman–Crippen MR) is 64.4 cm³/mol. The molecule has 2 unspecified atom stereocenters. The maximum absolute atomic E-state index is 9.76. The smallest absolute Gasteiger partial charge is 0.132 e. The number of aliphatic hydroxyl groups is 2. The largest absolute Gasteiger partial charge is 0.389 e. The van der Waals surface area contributed by atoms with Crippen LogP contribution in [-0.2, 0) is 0 Å². The highest BCUT2D eigenvalue weighted by molar-refractivity contribution is 9.09. The predicted octanol–water partition coefficient (Wildman–Crippen LogP) is 2.09. The minimum absolute atomic E-state index is 0.337. The molecule has 2 rings (SSSR count). The minimum atomic E-state index is -0.915. The summed E-state index contributed by atoms with van der Waals surface area (Å²) in [7, 11) is 0. The highest BCUT2D eigenvalue weighted by atomic mass is 79.9. The van der Waals surface area contributed by atoms with Crippen molar-refractivity contribution in [3.05, 3.63) is 29.3 Å². The summed E-state index contributed by atoms with van der Waals surface area (Å²) in [4.78, 5) is 4.27. The Morgan fingerprint density at radius 2 is 2.07 bits per heavy atom. The van der Waals surface area contributed by atoms with Gasteiger partial charge in [0.2, 0.25) is 0 Å². The van der Waals surface area contributed by atoms with E-state index in [0.717, 1.165) is 10.2 Å². The van der Waals surface area contributed by atoms with Gasteiger partial charge >= 0.3 is 0 Å². The molecule has 0 radical (unpaired) electrons. The molecule has 1 aromatic heterocycles. The quantitative estimate of drug-likeness (QED) is 0.850. The van der Waals surface area contributed by atoms with E-state index < -0.39 is 12.2 Å². The third-order valence-corrected chi connectivity index (χ3v) is 3.86. The van der Waals surface area contributed by atoms with Gasteiger partial charge in [-0.2, -0.15) is 0 Å². The molecule has 15 heavy (non-hydrogen) atoms. The number of para-hydroxylation sites is 1. The topological polar surface area (TPSA) is 53.4 Å². The first kappa shape index (κ1) is 11.0. The Labute approximate surface area is 99.5 Å². The van der Waals surface area contributed by atoms with Crippen molar-refractivity contribution < 1.29 is 10.2 Å². The Hall–Kier alpha value is -0.490. The number of nitrogens with zero attached hydrogens (tertiary/aromatic N) is 1. The van der Waals surface area contributed by atoms with Gasteiger partial charge in [-0.3, -0.25) is 0 Å². The van der Waals surface area contributed by atoms with E-state index in [1.165, 1.54) is 11.3 Å². The molecule has 0 aliphatic rings. The van der Waals surface area contributed by atoms with E-state index in [4.69, 9.17) is 0 Å². The van der Waals surface area contributed by atoms with Gasteiger partial charge in [0.1, 0.15) is 11.1 Å². The molecule has 0 aliphatic carbocycles. The highest BCUT2D eigenvalue weighted by Crippen LogP contribution is 2.28. The summed E-state index contributed by atoms with van der Waals surface area (Å²) in [6, 6.07) is 7.67. The first-order valence-corrected chi connectivity index (χ1v) is 6.43. The molecule has 1 heterocycles. The van der Waals surface area contributed by atoms with E-state index in [1.807, 2.05) is 24.3 Å². The van der Waals surface area contributed by atoms with Crippen LogP contribution in [0.1, 0.15) is 11.1 Å². The Morgan fingerprint density at radius 3 is 2.73 bits per heavy atom. The van der Waals surface area contributed by atoms with Gasteiger partial charge in [-0.25, -0.2) is 4.98 Å². The molecule has 0 spiro atoms. The number of rotatable bonds is 3. The third-order valence-electron chi connectivity index (χ3n) is 2.09. The fraction of sp³-hybridized carbons (Fsp3) is 0.300. The molecule has 1 aromatic carbocycles. The summed E-state index contributed by atoms with van der Waals surface area (Å²) < 4.78 is 1.02. The molecule has 3 nitrogen and oxygen atoms in total. The van der Waals surface area contributed by atoms with Gasteiger partial charge in [-0.1, -0.05) is 28.1 Å². The van der Waals surface area contributed by atoms with E-state index >= 15 is 0 Å². The van der Waals surface area contributed by atoms with Crippen LogP contribution in [0.15, 0.2) is 24.3 Å². The molecule has 0 bridgehead atoms.